The van der Waals surface area contributed by atoms with E-state index in [0.717, 1.165) is 0 Å². The van der Waals surface area contributed by atoms with Crippen LogP contribution in [-0.2, 0) is 0 Å². The van der Waals surface area contributed by atoms with Crippen LogP contribution in [0.15, 0.2) is 0 Å². The fourth-order valence-electron chi connectivity index (χ4n) is 2.02. The highest BCUT2D eigenvalue weighted by Gasteiger charge is 2.41. The van der Waals surface area contributed by atoms with Gasteiger partial charge in [-0.25, -0.2) is 0 Å². The molecule has 0 saturated carbocycles. The highest BCUT2D eigenvalue weighted by molar-refractivity contribution is 4.75. The largest absolute Gasteiger partial charge is 0.404 e. The first-order valence-corrected chi connectivity index (χ1v) is 7.99. The third-order valence-corrected chi connectivity index (χ3v) is 3.78. The SMILES string of the molecule is CC(C)C(C)N(C)CC(F)(F)F.CC(C)CC(N(C)C)C(F)(F)F. The van der Waals surface area contributed by atoms with Crippen LogP contribution in [0.4, 0.5) is 26.3 Å². The predicted octanol–water partition coefficient (Wildman–Crippen LogP) is 5.05. The molecule has 0 aromatic rings. The third-order valence-electron chi connectivity index (χ3n) is 3.78. The summed E-state index contributed by atoms with van der Waals surface area (Å²) in [6.45, 7) is 8.39. The summed E-state index contributed by atoms with van der Waals surface area (Å²) in [4.78, 5) is 2.55. The monoisotopic (exact) mass is 366 g/mol. The number of hydrogen-bond acceptors (Lipinski definition) is 2. The molecule has 24 heavy (non-hydrogen) atoms. The molecule has 2 unspecified atom stereocenters. The van der Waals surface area contributed by atoms with Gasteiger partial charge in [-0.1, -0.05) is 27.7 Å². The molecule has 0 radical (unpaired) electrons. The van der Waals surface area contributed by atoms with Gasteiger partial charge in [-0.2, -0.15) is 26.3 Å². The van der Waals surface area contributed by atoms with E-state index in [1.165, 1.54) is 30.9 Å². The smallest absolute Gasteiger partial charge is 0.298 e. The summed E-state index contributed by atoms with van der Waals surface area (Å²) in [7, 11) is 4.42. The lowest BCUT2D eigenvalue weighted by molar-refractivity contribution is -0.180. The van der Waals surface area contributed by atoms with Gasteiger partial charge in [0.2, 0.25) is 0 Å². The lowest BCUT2D eigenvalue weighted by Crippen LogP contribution is -2.42. The van der Waals surface area contributed by atoms with Crippen LogP contribution in [0.2, 0.25) is 0 Å². The van der Waals surface area contributed by atoms with Gasteiger partial charge in [0.15, 0.2) is 0 Å². The fraction of sp³-hybridized carbons (Fsp3) is 1.00. The van der Waals surface area contributed by atoms with E-state index in [4.69, 9.17) is 0 Å². The molecule has 8 heteroatoms. The quantitative estimate of drug-likeness (QED) is 0.607. The van der Waals surface area contributed by atoms with Crippen molar-refractivity contribution in [2.75, 3.05) is 27.7 Å². The number of hydrogen-bond donors (Lipinski definition) is 0. The number of alkyl halides is 6. The Kier molecular flexibility index (Phi) is 11.2. The van der Waals surface area contributed by atoms with E-state index in [2.05, 4.69) is 0 Å². The zero-order valence-corrected chi connectivity index (χ0v) is 15.9. The summed E-state index contributed by atoms with van der Waals surface area (Å²) in [5, 5.41) is 0. The summed E-state index contributed by atoms with van der Waals surface area (Å²) >= 11 is 0. The molecular formula is C16H32F6N2. The van der Waals surface area contributed by atoms with Crippen molar-refractivity contribution >= 4 is 0 Å². The maximum absolute atomic E-state index is 12.3. The minimum atomic E-state index is -4.10. The van der Waals surface area contributed by atoms with E-state index < -0.39 is 24.9 Å². The van der Waals surface area contributed by atoms with E-state index in [-0.39, 0.29) is 24.3 Å². The Labute approximate surface area is 142 Å². The van der Waals surface area contributed by atoms with Gasteiger partial charge in [0, 0.05) is 6.04 Å². The molecule has 0 saturated heterocycles. The summed E-state index contributed by atoms with van der Waals surface area (Å²) < 4.78 is 72.5. The van der Waals surface area contributed by atoms with Gasteiger partial charge in [-0.15, -0.1) is 0 Å². The van der Waals surface area contributed by atoms with Crippen molar-refractivity contribution in [3.63, 3.8) is 0 Å². The molecule has 0 heterocycles. The van der Waals surface area contributed by atoms with Gasteiger partial charge in [0.25, 0.3) is 0 Å². The standard InChI is InChI=1S/2C8H16F3N/c1-6(2)7(3)12(4)5-8(9,10)11;1-6(2)5-7(12(3)4)8(9,10)11/h2*6-7H,5H2,1-4H3. The van der Waals surface area contributed by atoms with Crippen LogP contribution < -0.4 is 0 Å². The average Bonchev–Trinajstić information content (AvgIpc) is 2.31. The van der Waals surface area contributed by atoms with Gasteiger partial charge in [-0.3, -0.25) is 9.80 Å². The maximum Gasteiger partial charge on any atom is 0.404 e. The zero-order valence-electron chi connectivity index (χ0n) is 15.9. The summed E-state index contributed by atoms with van der Waals surface area (Å²) in [6.07, 6.45) is -8.03. The van der Waals surface area contributed by atoms with Crippen molar-refractivity contribution in [3.05, 3.63) is 0 Å². The van der Waals surface area contributed by atoms with Gasteiger partial charge in [-0.05, 0) is 46.3 Å². The Balaban J connectivity index is 0. The molecule has 0 spiro atoms. The average molecular weight is 366 g/mol. The summed E-state index contributed by atoms with van der Waals surface area (Å²) in [6, 6.07) is -1.34. The van der Waals surface area contributed by atoms with Crippen molar-refractivity contribution in [1.29, 1.82) is 0 Å². The Hall–Kier alpha value is -0.500. The Morgan fingerprint density at radius 3 is 1.38 bits per heavy atom. The number of nitrogens with zero attached hydrogens (tertiary/aromatic N) is 2. The van der Waals surface area contributed by atoms with Crippen LogP contribution in [0.25, 0.3) is 0 Å². The van der Waals surface area contributed by atoms with Crippen LogP contribution in [-0.4, -0.2) is 61.9 Å². The maximum atomic E-state index is 12.3. The number of halogens is 6. The second-order valence-corrected chi connectivity index (χ2v) is 7.17. The minimum absolute atomic E-state index is 0.0355. The molecule has 0 fully saturated rings. The minimum Gasteiger partial charge on any atom is -0.298 e. The molecule has 0 aromatic heterocycles. The van der Waals surface area contributed by atoms with E-state index in [0.29, 0.717) is 0 Å². The normalized spacial score (nSPS) is 15.8. The van der Waals surface area contributed by atoms with Gasteiger partial charge in [0.05, 0.1) is 6.54 Å². The van der Waals surface area contributed by atoms with Crippen LogP contribution in [0.3, 0.4) is 0 Å². The Morgan fingerprint density at radius 1 is 0.792 bits per heavy atom. The van der Waals surface area contributed by atoms with E-state index in [1.807, 2.05) is 13.8 Å². The Bertz CT molecular complexity index is 324. The van der Waals surface area contributed by atoms with Crippen LogP contribution in [0.5, 0.6) is 0 Å². The van der Waals surface area contributed by atoms with Crippen molar-refractivity contribution in [2.24, 2.45) is 11.8 Å². The molecule has 0 aliphatic carbocycles. The second-order valence-electron chi connectivity index (χ2n) is 7.17. The van der Waals surface area contributed by atoms with E-state index in [1.54, 1.807) is 20.8 Å². The van der Waals surface area contributed by atoms with Crippen LogP contribution in [0.1, 0.15) is 41.0 Å². The lowest BCUT2D eigenvalue weighted by Gasteiger charge is -2.28. The summed E-state index contributed by atoms with van der Waals surface area (Å²) in [5.41, 5.74) is 0. The topological polar surface area (TPSA) is 6.48 Å². The predicted molar refractivity (Wildman–Crippen MR) is 86.0 cm³/mol. The van der Waals surface area contributed by atoms with Crippen LogP contribution in [0, 0.1) is 11.8 Å². The summed E-state index contributed by atoms with van der Waals surface area (Å²) in [5.74, 6) is 0.316. The molecule has 0 amide bonds. The molecule has 148 valence electrons. The molecule has 0 aliphatic rings. The molecule has 0 aromatic carbocycles. The molecular weight excluding hydrogens is 334 g/mol. The first kappa shape index (κ1) is 25.7. The Morgan fingerprint density at radius 2 is 1.21 bits per heavy atom. The first-order valence-electron chi connectivity index (χ1n) is 7.99. The fourth-order valence-corrected chi connectivity index (χ4v) is 2.02. The van der Waals surface area contributed by atoms with Crippen LogP contribution >= 0.6 is 0 Å². The molecule has 2 nitrogen and oxygen atoms in total. The van der Waals surface area contributed by atoms with E-state index >= 15 is 0 Å². The molecule has 0 rings (SSSR count). The van der Waals surface area contributed by atoms with Gasteiger partial charge in [0.1, 0.15) is 6.04 Å². The van der Waals surface area contributed by atoms with Crippen molar-refractivity contribution < 1.29 is 26.3 Å². The number of rotatable bonds is 6. The lowest BCUT2D eigenvalue weighted by atomic mass is 10.0. The highest BCUT2D eigenvalue weighted by Crippen LogP contribution is 2.27. The molecule has 0 N–H and O–H groups in total. The first-order chi connectivity index (χ1) is 10.5. The van der Waals surface area contributed by atoms with Crippen molar-refractivity contribution in [3.8, 4) is 0 Å². The molecule has 0 aliphatic heterocycles. The van der Waals surface area contributed by atoms with Crippen molar-refractivity contribution in [2.45, 2.75) is 65.5 Å². The third kappa shape index (κ3) is 12.9. The van der Waals surface area contributed by atoms with Gasteiger partial charge < -0.3 is 0 Å². The van der Waals surface area contributed by atoms with E-state index in [9.17, 15) is 26.3 Å². The zero-order chi connectivity index (χ0) is 19.9. The highest BCUT2D eigenvalue weighted by atomic mass is 19.4. The second kappa shape index (κ2) is 10.5. The van der Waals surface area contributed by atoms with Crippen molar-refractivity contribution in [1.82, 2.24) is 9.80 Å². The molecule has 0 bridgehead atoms. The molecule has 2 atom stereocenters. The van der Waals surface area contributed by atoms with Gasteiger partial charge >= 0.3 is 12.4 Å².